The van der Waals surface area contributed by atoms with Gasteiger partial charge in [-0.15, -0.1) is 0 Å². The van der Waals surface area contributed by atoms with E-state index >= 15 is 0 Å². The Labute approximate surface area is 180 Å². The molecule has 0 heterocycles. The Hall–Kier alpha value is -2.59. The maximum Gasteiger partial charge on any atom is 0.197 e. The minimum Gasteiger partial charge on any atom is -0.382 e. The van der Waals surface area contributed by atoms with Gasteiger partial charge >= 0.3 is 0 Å². The summed E-state index contributed by atoms with van der Waals surface area (Å²) in [7, 11) is 0. The van der Waals surface area contributed by atoms with Gasteiger partial charge in [0.1, 0.15) is 0 Å². The summed E-state index contributed by atoms with van der Waals surface area (Å²) >= 11 is 0. The lowest BCUT2D eigenvalue weighted by atomic mass is 9.82. The van der Waals surface area contributed by atoms with Crippen LogP contribution >= 0.6 is 0 Å². The summed E-state index contributed by atoms with van der Waals surface area (Å²) in [6.07, 6.45) is 5.44. The van der Waals surface area contributed by atoms with Gasteiger partial charge in [0.25, 0.3) is 0 Å². The lowest BCUT2D eigenvalue weighted by molar-refractivity contribution is 0.102. The topological polar surface area (TPSA) is 41.6 Å². The molecule has 0 aliphatic heterocycles. The van der Waals surface area contributed by atoms with Gasteiger partial charge in [0.05, 0.1) is 5.56 Å². The SMILES string of the molecule is C=C(C)NOc1ccccc1C(=O)c1cccc2c1CC(N(CCC)CCC)CC2. The zero-order valence-corrected chi connectivity index (χ0v) is 18.5. The number of carbonyl (C=O) groups is 1. The summed E-state index contributed by atoms with van der Waals surface area (Å²) in [6.45, 7) is 12.3. The van der Waals surface area contributed by atoms with E-state index in [4.69, 9.17) is 4.84 Å². The largest absolute Gasteiger partial charge is 0.382 e. The lowest BCUT2D eigenvalue weighted by Gasteiger charge is -2.35. The van der Waals surface area contributed by atoms with Crippen LogP contribution in [0, 0.1) is 0 Å². The molecule has 0 saturated heterocycles. The zero-order valence-electron chi connectivity index (χ0n) is 18.5. The molecule has 4 nitrogen and oxygen atoms in total. The van der Waals surface area contributed by atoms with Crippen LogP contribution in [0.1, 0.15) is 67.1 Å². The van der Waals surface area contributed by atoms with Crippen LogP contribution in [-0.2, 0) is 12.8 Å². The summed E-state index contributed by atoms with van der Waals surface area (Å²) in [6, 6.07) is 14.1. The summed E-state index contributed by atoms with van der Waals surface area (Å²) in [5, 5.41) is 0. The molecule has 0 amide bonds. The Morgan fingerprint density at radius 2 is 1.80 bits per heavy atom. The quantitative estimate of drug-likeness (QED) is 0.429. The fourth-order valence-electron chi connectivity index (χ4n) is 4.38. The number of hydrogen-bond donors (Lipinski definition) is 1. The molecule has 0 aromatic heterocycles. The van der Waals surface area contributed by atoms with E-state index in [1.165, 1.54) is 11.1 Å². The first kappa shape index (κ1) is 22.1. The highest BCUT2D eigenvalue weighted by Crippen LogP contribution is 2.30. The second-order valence-electron chi connectivity index (χ2n) is 8.19. The number of allylic oxidation sites excluding steroid dienone is 1. The summed E-state index contributed by atoms with van der Waals surface area (Å²) < 4.78 is 0. The molecule has 1 atom stereocenters. The van der Waals surface area contributed by atoms with Gasteiger partial charge in [0.2, 0.25) is 0 Å². The molecule has 0 saturated carbocycles. The van der Waals surface area contributed by atoms with Crippen LogP contribution in [0.2, 0.25) is 0 Å². The Morgan fingerprint density at radius 3 is 2.50 bits per heavy atom. The Kier molecular flexibility index (Phi) is 7.69. The van der Waals surface area contributed by atoms with Crippen molar-refractivity contribution in [3.63, 3.8) is 0 Å². The van der Waals surface area contributed by atoms with Crippen molar-refractivity contribution < 1.29 is 9.63 Å². The van der Waals surface area contributed by atoms with Crippen molar-refractivity contribution >= 4 is 5.78 Å². The molecule has 30 heavy (non-hydrogen) atoms. The first-order valence-corrected chi connectivity index (χ1v) is 11.1. The maximum atomic E-state index is 13.6. The maximum absolute atomic E-state index is 13.6. The predicted octanol–water partition coefficient (Wildman–Crippen LogP) is 5.31. The third-order valence-corrected chi connectivity index (χ3v) is 5.71. The van der Waals surface area contributed by atoms with Crippen molar-refractivity contribution in [2.45, 2.75) is 58.9 Å². The fourth-order valence-corrected chi connectivity index (χ4v) is 4.38. The Bertz CT molecular complexity index is 884. The number of fused-ring (bicyclic) bond motifs is 1. The molecular formula is C26H34N2O2. The van der Waals surface area contributed by atoms with E-state index in [9.17, 15) is 4.79 Å². The van der Waals surface area contributed by atoms with Crippen LogP contribution < -0.4 is 10.3 Å². The first-order chi connectivity index (χ1) is 14.5. The number of nitrogens with one attached hydrogen (secondary N) is 1. The minimum atomic E-state index is 0.0177. The van der Waals surface area contributed by atoms with E-state index in [-0.39, 0.29) is 5.78 Å². The van der Waals surface area contributed by atoms with Crippen molar-refractivity contribution in [1.29, 1.82) is 0 Å². The predicted molar refractivity (Wildman–Crippen MR) is 123 cm³/mol. The van der Waals surface area contributed by atoms with E-state index in [0.29, 0.717) is 23.1 Å². The molecule has 1 aliphatic rings. The number of ketones is 1. The van der Waals surface area contributed by atoms with Gasteiger partial charge in [-0.2, -0.15) is 0 Å². The van der Waals surface area contributed by atoms with Gasteiger partial charge in [-0.25, -0.2) is 5.48 Å². The fraction of sp³-hybridized carbons (Fsp3) is 0.423. The summed E-state index contributed by atoms with van der Waals surface area (Å²) in [4.78, 5) is 21.8. The number of hydrogen-bond acceptors (Lipinski definition) is 4. The van der Waals surface area contributed by atoms with Crippen LogP contribution in [-0.4, -0.2) is 29.8 Å². The van der Waals surface area contributed by atoms with Crippen LogP contribution in [0.4, 0.5) is 0 Å². The smallest absolute Gasteiger partial charge is 0.197 e. The number of nitrogens with zero attached hydrogens (tertiary/aromatic N) is 1. The van der Waals surface area contributed by atoms with E-state index < -0.39 is 0 Å². The molecule has 2 aromatic carbocycles. The monoisotopic (exact) mass is 406 g/mol. The third-order valence-electron chi connectivity index (χ3n) is 5.71. The lowest BCUT2D eigenvalue weighted by Crippen LogP contribution is -2.40. The number of rotatable bonds is 10. The van der Waals surface area contributed by atoms with Gasteiger partial charge in [0.15, 0.2) is 11.5 Å². The number of aryl methyl sites for hydroxylation is 1. The average molecular weight is 407 g/mol. The van der Waals surface area contributed by atoms with Crippen LogP contribution in [0.5, 0.6) is 5.75 Å². The summed E-state index contributed by atoms with van der Waals surface area (Å²) in [5.41, 5.74) is 7.34. The number of benzene rings is 2. The Balaban J connectivity index is 1.91. The van der Waals surface area contributed by atoms with E-state index in [1.807, 2.05) is 43.3 Å². The minimum absolute atomic E-state index is 0.0177. The van der Waals surface area contributed by atoms with Crippen molar-refractivity contribution in [2.24, 2.45) is 0 Å². The second-order valence-corrected chi connectivity index (χ2v) is 8.19. The molecule has 0 radical (unpaired) electrons. The van der Waals surface area contributed by atoms with Crippen LogP contribution in [0.15, 0.2) is 54.7 Å². The third kappa shape index (κ3) is 5.11. The van der Waals surface area contributed by atoms with E-state index in [0.717, 1.165) is 50.8 Å². The zero-order chi connectivity index (χ0) is 21.5. The van der Waals surface area contributed by atoms with Crippen molar-refractivity contribution in [2.75, 3.05) is 13.1 Å². The van der Waals surface area contributed by atoms with Gasteiger partial charge in [-0.1, -0.05) is 50.8 Å². The van der Waals surface area contributed by atoms with Crippen molar-refractivity contribution in [3.8, 4) is 5.75 Å². The van der Waals surface area contributed by atoms with Crippen molar-refractivity contribution in [3.05, 3.63) is 77.0 Å². The average Bonchev–Trinajstić information content (AvgIpc) is 2.76. The first-order valence-electron chi connectivity index (χ1n) is 11.1. The summed E-state index contributed by atoms with van der Waals surface area (Å²) in [5.74, 6) is 0.540. The molecule has 1 aliphatic carbocycles. The molecule has 1 unspecified atom stereocenters. The van der Waals surface area contributed by atoms with Crippen LogP contribution in [0.3, 0.4) is 0 Å². The van der Waals surface area contributed by atoms with Crippen molar-refractivity contribution in [1.82, 2.24) is 10.4 Å². The molecular weight excluding hydrogens is 372 g/mol. The van der Waals surface area contributed by atoms with Crippen LogP contribution in [0.25, 0.3) is 0 Å². The highest BCUT2D eigenvalue weighted by Gasteiger charge is 2.28. The molecule has 1 N–H and O–H groups in total. The molecule has 3 rings (SSSR count). The second kappa shape index (κ2) is 10.4. The van der Waals surface area contributed by atoms with Gasteiger partial charge in [0, 0.05) is 17.3 Å². The van der Waals surface area contributed by atoms with Gasteiger partial charge < -0.3 is 9.74 Å². The number of para-hydroxylation sites is 1. The van der Waals surface area contributed by atoms with Gasteiger partial charge in [-0.3, -0.25) is 4.79 Å². The Morgan fingerprint density at radius 1 is 1.10 bits per heavy atom. The highest BCUT2D eigenvalue weighted by molar-refractivity contribution is 6.11. The molecule has 0 spiro atoms. The normalized spacial score (nSPS) is 15.5. The molecule has 0 fully saturated rings. The molecule has 4 heteroatoms. The van der Waals surface area contributed by atoms with E-state index in [1.54, 1.807) is 0 Å². The molecule has 0 bridgehead atoms. The number of hydroxylamine groups is 1. The standard InChI is InChI=1S/C26H34N2O2/c1-5-16-28(17-6-2)21-15-14-20-10-9-12-22(24(20)18-21)26(29)23-11-7-8-13-25(23)30-27-19(3)4/h7-13,21,27H,3,5-6,14-18H2,1-2,4H3. The number of carbonyl (C=O) groups excluding carboxylic acids is 1. The molecule has 2 aromatic rings. The highest BCUT2D eigenvalue weighted by atomic mass is 16.6. The van der Waals surface area contributed by atoms with E-state index in [2.05, 4.69) is 36.9 Å². The van der Waals surface area contributed by atoms with Gasteiger partial charge in [-0.05, 0) is 75.4 Å². The molecule has 160 valence electrons.